The maximum atomic E-state index is 13.4. The van der Waals surface area contributed by atoms with Crippen LogP contribution < -0.4 is 21.7 Å². The second-order valence-electron chi connectivity index (χ2n) is 10.2. The zero-order valence-corrected chi connectivity index (χ0v) is 22.4. The summed E-state index contributed by atoms with van der Waals surface area (Å²) < 4.78 is 0. The summed E-state index contributed by atoms with van der Waals surface area (Å²) in [4.78, 5) is 54.0. The van der Waals surface area contributed by atoms with Gasteiger partial charge in [-0.3, -0.25) is 14.4 Å². The molecule has 0 aliphatic rings. The summed E-state index contributed by atoms with van der Waals surface area (Å²) in [5.74, 6) is -2.67. The molecule has 0 saturated carbocycles. The molecule has 3 amide bonds. The standard InChI is InChI=1S/C29H37N5O5/c1-17(2)13-22(30)27(36)32-18(3)26(35)33-24(14-19-9-5-4-6-10-19)28(37)34-25(29(38)39)15-20-16-31-23-12-8-7-11-21(20)23/h4-12,16-18,22,24-25,31H,13-15,30H2,1-3H3,(H,32,36)(H,33,35)(H,34,37)(H,38,39)/t18-,22-,24-,25-/m0/s1. The first-order valence-electron chi connectivity index (χ1n) is 13.0. The number of para-hydroxylation sites is 1. The molecule has 0 aliphatic carbocycles. The Labute approximate surface area is 227 Å². The van der Waals surface area contributed by atoms with Crippen LogP contribution >= 0.6 is 0 Å². The van der Waals surface area contributed by atoms with Crippen LogP contribution in [0, 0.1) is 5.92 Å². The summed E-state index contributed by atoms with van der Waals surface area (Å²) in [5.41, 5.74) is 8.31. The fraction of sp³-hybridized carbons (Fsp3) is 0.379. The molecule has 1 heterocycles. The number of hydrogen-bond donors (Lipinski definition) is 6. The highest BCUT2D eigenvalue weighted by Gasteiger charge is 2.29. The number of aliphatic carboxylic acids is 1. The fourth-order valence-corrected chi connectivity index (χ4v) is 4.35. The summed E-state index contributed by atoms with van der Waals surface area (Å²) in [5, 5.41) is 18.6. The third kappa shape index (κ3) is 8.41. The molecule has 0 radical (unpaired) electrons. The molecule has 2 aromatic carbocycles. The van der Waals surface area contributed by atoms with Crippen LogP contribution in [0.3, 0.4) is 0 Å². The molecule has 7 N–H and O–H groups in total. The van der Waals surface area contributed by atoms with E-state index in [1.54, 1.807) is 6.20 Å². The van der Waals surface area contributed by atoms with Gasteiger partial charge in [0.15, 0.2) is 0 Å². The highest BCUT2D eigenvalue weighted by molar-refractivity contribution is 5.94. The minimum absolute atomic E-state index is 0.0529. The number of carbonyl (C=O) groups is 4. The first-order chi connectivity index (χ1) is 18.5. The fourth-order valence-electron chi connectivity index (χ4n) is 4.35. The molecule has 0 fully saturated rings. The second-order valence-corrected chi connectivity index (χ2v) is 10.2. The topological polar surface area (TPSA) is 166 Å². The Kier molecular flexibility index (Phi) is 10.2. The van der Waals surface area contributed by atoms with Crippen LogP contribution in [0.15, 0.2) is 60.8 Å². The number of carboxylic acids is 1. The van der Waals surface area contributed by atoms with E-state index in [1.807, 2.05) is 68.4 Å². The van der Waals surface area contributed by atoms with Gasteiger partial charge in [-0.05, 0) is 36.5 Å². The zero-order valence-electron chi connectivity index (χ0n) is 22.4. The number of carbonyl (C=O) groups excluding carboxylic acids is 3. The van der Waals surface area contributed by atoms with E-state index in [4.69, 9.17) is 5.73 Å². The van der Waals surface area contributed by atoms with Crippen molar-refractivity contribution in [3.05, 3.63) is 71.9 Å². The van der Waals surface area contributed by atoms with Gasteiger partial charge in [0.25, 0.3) is 0 Å². The van der Waals surface area contributed by atoms with E-state index in [2.05, 4.69) is 20.9 Å². The molecule has 4 atom stereocenters. The van der Waals surface area contributed by atoms with Crippen LogP contribution in [0.1, 0.15) is 38.3 Å². The van der Waals surface area contributed by atoms with Crippen molar-refractivity contribution in [1.82, 2.24) is 20.9 Å². The number of nitrogens with one attached hydrogen (secondary N) is 4. The van der Waals surface area contributed by atoms with Crippen LogP contribution in [0.25, 0.3) is 10.9 Å². The average molecular weight is 536 g/mol. The Morgan fingerprint density at radius 1 is 0.821 bits per heavy atom. The summed E-state index contributed by atoms with van der Waals surface area (Å²) in [6.07, 6.45) is 2.37. The summed E-state index contributed by atoms with van der Waals surface area (Å²) in [7, 11) is 0. The van der Waals surface area contributed by atoms with E-state index in [0.717, 1.165) is 22.0 Å². The predicted octanol–water partition coefficient (Wildman–Crippen LogP) is 1.89. The lowest BCUT2D eigenvalue weighted by Crippen LogP contribution is -2.57. The van der Waals surface area contributed by atoms with Crippen LogP contribution in [0.2, 0.25) is 0 Å². The molecule has 0 saturated heterocycles. The minimum Gasteiger partial charge on any atom is -0.480 e. The summed E-state index contributed by atoms with van der Waals surface area (Å²) in [6.45, 7) is 5.39. The number of amides is 3. The first-order valence-corrected chi connectivity index (χ1v) is 13.0. The molecule has 0 aliphatic heterocycles. The number of rotatable bonds is 13. The van der Waals surface area contributed by atoms with Gasteiger partial charge in [-0.1, -0.05) is 62.4 Å². The number of hydrogen-bond acceptors (Lipinski definition) is 5. The maximum absolute atomic E-state index is 13.4. The van der Waals surface area contributed by atoms with Gasteiger partial charge in [-0.25, -0.2) is 4.79 Å². The molecule has 3 rings (SSSR count). The van der Waals surface area contributed by atoms with Gasteiger partial charge in [0.2, 0.25) is 17.7 Å². The molecule has 10 heteroatoms. The summed E-state index contributed by atoms with van der Waals surface area (Å²) in [6, 6.07) is 12.5. The number of benzene rings is 2. The highest BCUT2D eigenvalue weighted by Crippen LogP contribution is 2.19. The smallest absolute Gasteiger partial charge is 0.326 e. The van der Waals surface area contributed by atoms with Crippen molar-refractivity contribution in [3.63, 3.8) is 0 Å². The van der Waals surface area contributed by atoms with Crippen molar-refractivity contribution >= 4 is 34.6 Å². The number of nitrogens with two attached hydrogens (primary N) is 1. The zero-order chi connectivity index (χ0) is 28.5. The van der Waals surface area contributed by atoms with Crippen LogP contribution in [-0.4, -0.2) is 57.9 Å². The van der Waals surface area contributed by atoms with E-state index in [0.29, 0.717) is 6.42 Å². The molecule has 208 valence electrons. The van der Waals surface area contributed by atoms with E-state index < -0.39 is 47.9 Å². The molecule has 39 heavy (non-hydrogen) atoms. The number of carboxylic acid groups (broad SMARTS) is 1. The van der Waals surface area contributed by atoms with Crippen LogP contribution in [0.5, 0.6) is 0 Å². The van der Waals surface area contributed by atoms with Crippen molar-refractivity contribution < 1.29 is 24.3 Å². The van der Waals surface area contributed by atoms with Gasteiger partial charge in [0.1, 0.15) is 18.1 Å². The quantitative estimate of drug-likeness (QED) is 0.195. The van der Waals surface area contributed by atoms with Crippen LogP contribution in [-0.2, 0) is 32.0 Å². The third-order valence-corrected chi connectivity index (χ3v) is 6.44. The Bertz CT molecular complexity index is 1290. The third-order valence-electron chi connectivity index (χ3n) is 6.44. The SMILES string of the molecule is CC(C)C[C@H](N)C(=O)N[C@@H](C)C(=O)N[C@@H](Cc1ccccc1)C(=O)N[C@@H](Cc1c[nH]c2ccccc12)C(=O)O. The molecule has 0 bridgehead atoms. The largest absolute Gasteiger partial charge is 0.480 e. The monoisotopic (exact) mass is 535 g/mol. The number of aromatic nitrogens is 1. The van der Waals surface area contributed by atoms with Gasteiger partial charge in [0, 0.05) is 29.9 Å². The van der Waals surface area contributed by atoms with E-state index in [9.17, 15) is 24.3 Å². The molecular formula is C29H37N5O5. The molecule has 0 unspecified atom stereocenters. The number of aromatic amines is 1. The molecule has 1 aromatic heterocycles. The van der Waals surface area contributed by atoms with Crippen molar-refractivity contribution in [2.75, 3.05) is 0 Å². The lowest BCUT2D eigenvalue weighted by Gasteiger charge is -2.24. The van der Waals surface area contributed by atoms with Gasteiger partial charge in [-0.2, -0.15) is 0 Å². The van der Waals surface area contributed by atoms with E-state index in [-0.39, 0.29) is 18.8 Å². The Morgan fingerprint density at radius 3 is 2.13 bits per heavy atom. The molecule has 0 spiro atoms. The average Bonchev–Trinajstić information content (AvgIpc) is 3.30. The first kappa shape index (κ1) is 29.4. The highest BCUT2D eigenvalue weighted by atomic mass is 16.4. The Morgan fingerprint density at radius 2 is 1.46 bits per heavy atom. The predicted molar refractivity (Wildman–Crippen MR) is 149 cm³/mol. The van der Waals surface area contributed by atoms with Gasteiger partial charge in [-0.15, -0.1) is 0 Å². The van der Waals surface area contributed by atoms with Crippen molar-refractivity contribution in [1.29, 1.82) is 0 Å². The molecular weight excluding hydrogens is 498 g/mol. The van der Waals surface area contributed by atoms with Crippen molar-refractivity contribution in [2.45, 2.75) is 64.2 Å². The number of fused-ring (bicyclic) bond motifs is 1. The second kappa shape index (κ2) is 13.6. The Balaban J connectivity index is 1.73. The van der Waals surface area contributed by atoms with Gasteiger partial charge >= 0.3 is 5.97 Å². The van der Waals surface area contributed by atoms with Crippen molar-refractivity contribution in [3.8, 4) is 0 Å². The van der Waals surface area contributed by atoms with Gasteiger partial charge in [0.05, 0.1) is 6.04 Å². The Hall–Kier alpha value is -4.18. The normalized spacial score (nSPS) is 14.3. The van der Waals surface area contributed by atoms with Crippen molar-refractivity contribution in [2.24, 2.45) is 11.7 Å². The molecule has 10 nitrogen and oxygen atoms in total. The number of H-pyrrole nitrogens is 1. The van der Waals surface area contributed by atoms with Gasteiger partial charge < -0.3 is 31.8 Å². The minimum atomic E-state index is -1.22. The lowest BCUT2D eigenvalue weighted by atomic mass is 10.0. The van der Waals surface area contributed by atoms with E-state index in [1.165, 1.54) is 6.92 Å². The summed E-state index contributed by atoms with van der Waals surface area (Å²) >= 11 is 0. The molecule has 3 aromatic rings. The van der Waals surface area contributed by atoms with Crippen LogP contribution in [0.4, 0.5) is 0 Å². The lowest BCUT2D eigenvalue weighted by molar-refractivity contribution is -0.142. The maximum Gasteiger partial charge on any atom is 0.326 e. The van der Waals surface area contributed by atoms with E-state index >= 15 is 0 Å².